The fourth-order valence-electron chi connectivity index (χ4n) is 5.08. The fourth-order valence-corrected chi connectivity index (χ4v) is 5.88. The number of benzene rings is 2. The molecule has 0 atom stereocenters. The molecule has 3 N–H and O–H groups in total. The van der Waals surface area contributed by atoms with E-state index in [9.17, 15) is 18.0 Å². The minimum atomic E-state index is -4.42. The van der Waals surface area contributed by atoms with Crippen molar-refractivity contribution in [1.29, 1.82) is 0 Å². The van der Waals surface area contributed by atoms with Gasteiger partial charge in [0.2, 0.25) is 0 Å². The number of anilines is 1. The van der Waals surface area contributed by atoms with E-state index in [2.05, 4.69) is 43.0 Å². The SMILES string of the molecule is CN1CCC(Nc2cccc3c2cc(-c2nnc(CNC(=O)c4ccc5[nH]ncc5c4)s2)n3CC(F)(F)F)CC1. The third kappa shape index (κ3) is 5.52. The van der Waals surface area contributed by atoms with Crippen LogP contribution in [-0.2, 0) is 13.1 Å². The number of hydrogen-bond acceptors (Lipinski definition) is 7. The van der Waals surface area contributed by atoms with Crippen LogP contribution in [-0.4, -0.2) is 68.1 Å². The van der Waals surface area contributed by atoms with Crippen molar-refractivity contribution in [3.8, 4) is 10.7 Å². The first-order valence-electron chi connectivity index (χ1n) is 12.9. The molecule has 0 saturated carbocycles. The molecular formula is C27H27F3N8OS. The number of alkyl halides is 3. The van der Waals surface area contributed by atoms with Gasteiger partial charge >= 0.3 is 6.18 Å². The first-order valence-corrected chi connectivity index (χ1v) is 13.7. The lowest BCUT2D eigenvalue weighted by Crippen LogP contribution is -2.36. The largest absolute Gasteiger partial charge is 0.406 e. The van der Waals surface area contributed by atoms with Crippen LogP contribution >= 0.6 is 11.3 Å². The van der Waals surface area contributed by atoms with E-state index in [4.69, 9.17) is 0 Å². The molecule has 1 aliphatic rings. The van der Waals surface area contributed by atoms with Gasteiger partial charge in [-0.1, -0.05) is 17.4 Å². The van der Waals surface area contributed by atoms with Gasteiger partial charge in [-0.25, -0.2) is 0 Å². The highest BCUT2D eigenvalue weighted by atomic mass is 32.1. The molecule has 3 aromatic heterocycles. The van der Waals surface area contributed by atoms with Crippen LogP contribution in [0.4, 0.5) is 18.9 Å². The Bertz CT molecular complexity index is 1670. The predicted octanol–water partition coefficient (Wildman–Crippen LogP) is 5.03. The third-order valence-electron chi connectivity index (χ3n) is 7.15. The van der Waals surface area contributed by atoms with E-state index >= 15 is 0 Å². The number of nitrogens with one attached hydrogen (secondary N) is 3. The maximum Gasteiger partial charge on any atom is 0.406 e. The molecule has 0 bridgehead atoms. The Labute approximate surface area is 231 Å². The number of aromatic nitrogens is 5. The van der Waals surface area contributed by atoms with Crippen LogP contribution in [0.15, 0.2) is 48.7 Å². The summed E-state index contributed by atoms with van der Waals surface area (Å²) in [7, 11) is 2.09. The van der Waals surface area contributed by atoms with Crippen molar-refractivity contribution in [3.63, 3.8) is 0 Å². The highest BCUT2D eigenvalue weighted by Gasteiger charge is 2.31. The number of halogens is 3. The Kier molecular flexibility index (Phi) is 6.92. The molecule has 1 amide bonds. The Morgan fingerprint density at radius 1 is 1.15 bits per heavy atom. The molecule has 5 aromatic rings. The molecule has 0 aliphatic carbocycles. The number of H-pyrrole nitrogens is 1. The average molecular weight is 569 g/mol. The van der Waals surface area contributed by atoms with Gasteiger partial charge in [0, 0.05) is 28.1 Å². The summed E-state index contributed by atoms with van der Waals surface area (Å²) in [5.74, 6) is -0.296. The van der Waals surface area contributed by atoms with E-state index in [1.54, 1.807) is 42.6 Å². The number of piperidine rings is 1. The molecule has 2 aromatic carbocycles. The minimum Gasteiger partial charge on any atom is -0.382 e. The maximum atomic E-state index is 13.7. The number of aromatic amines is 1. The smallest absolute Gasteiger partial charge is 0.382 e. The average Bonchev–Trinajstić information content (AvgIpc) is 3.67. The Balaban J connectivity index is 1.25. The first-order chi connectivity index (χ1) is 19.2. The van der Waals surface area contributed by atoms with Gasteiger partial charge in [-0.2, -0.15) is 18.3 Å². The number of carbonyl (C=O) groups is 1. The molecule has 208 valence electrons. The summed E-state index contributed by atoms with van der Waals surface area (Å²) < 4.78 is 42.3. The van der Waals surface area contributed by atoms with Crippen LogP contribution in [0.25, 0.3) is 32.5 Å². The number of fused-ring (bicyclic) bond motifs is 2. The van der Waals surface area contributed by atoms with Gasteiger partial charge in [0.05, 0.1) is 29.5 Å². The van der Waals surface area contributed by atoms with Crippen LogP contribution in [0.3, 0.4) is 0 Å². The molecule has 1 aliphatic heterocycles. The van der Waals surface area contributed by atoms with E-state index in [1.165, 1.54) is 4.57 Å². The Hall–Kier alpha value is -3.97. The van der Waals surface area contributed by atoms with Crippen LogP contribution in [0, 0.1) is 0 Å². The van der Waals surface area contributed by atoms with Crippen molar-refractivity contribution in [2.75, 3.05) is 25.5 Å². The van der Waals surface area contributed by atoms with Gasteiger partial charge in [0.15, 0.2) is 5.01 Å². The molecule has 6 rings (SSSR count). The maximum absolute atomic E-state index is 13.7. The molecule has 0 radical (unpaired) electrons. The summed E-state index contributed by atoms with van der Waals surface area (Å²) in [5, 5.41) is 23.9. The van der Waals surface area contributed by atoms with Gasteiger partial charge in [-0.15, -0.1) is 10.2 Å². The van der Waals surface area contributed by atoms with Crippen LogP contribution < -0.4 is 10.6 Å². The molecule has 0 spiro atoms. The standard InChI is InChI=1S/C27H27F3N8OS/c1-37-9-7-18(8-10-37)33-21-3-2-4-22-19(21)12-23(38(22)15-27(28,29)30)26-36-35-24(40-26)14-31-25(39)16-5-6-20-17(11-16)13-32-34-20/h2-6,11-13,18,33H,7-10,14-15H2,1H3,(H,31,39)(H,32,34). The predicted molar refractivity (Wildman–Crippen MR) is 148 cm³/mol. The third-order valence-corrected chi connectivity index (χ3v) is 8.10. The quantitative estimate of drug-likeness (QED) is 0.254. The lowest BCUT2D eigenvalue weighted by molar-refractivity contribution is -0.139. The molecule has 40 heavy (non-hydrogen) atoms. The second kappa shape index (κ2) is 10.5. The van der Waals surface area contributed by atoms with Gasteiger partial charge in [-0.3, -0.25) is 9.89 Å². The van der Waals surface area contributed by atoms with Crippen molar-refractivity contribution >= 4 is 44.7 Å². The van der Waals surface area contributed by atoms with Gasteiger partial charge in [-0.05, 0) is 69.4 Å². The summed E-state index contributed by atoms with van der Waals surface area (Å²) in [4.78, 5) is 15.0. The van der Waals surface area contributed by atoms with Crippen molar-refractivity contribution < 1.29 is 18.0 Å². The number of amides is 1. The van der Waals surface area contributed by atoms with E-state index < -0.39 is 12.7 Å². The summed E-state index contributed by atoms with van der Waals surface area (Å²) in [5.41, 5.74) is 2.91. The summed E-state index contributed by atoms with van der Waals surface area (Å²) in [6.45, 7) is 0.889. The highest BCUT2D eigenvalue weighted by molar-refractivity contribution is 7.14. The van der Waals surface area contributed by atoms with Crippen LogP contribution in [0.2, 0.25) is 0 Å². The molecule has 13 heteroatoms. The number of likely N-dealkylation sites (tertiary alicyclic amines) is 1. The molecule has 1 fully saturated rings. The Morgan fingerprint density at radius 2 is 1.98 bits per heavy atom. The van der Waals surface area contributed by atoms with E-state index in [0.717, 1.165) is 53.9 Å². The normalized spacial score (nSPS) is 15.2. The van der Waals surface area contributed by atoms with Gasteiger partial charge in [0.25, 0.3) is 5.91 Å². The number of carbonyl (C=O) groups excluding carboxylic acids is 1. The van der Waals surface area contributed by atoms with Crippen molar-refractivity contribution in [2.24, 2.45) is 0 Å². The summed E-state index contributed by atoms with van der Waals surface area (Å²) in [6.07, 6.45) is -0.859. The zero-order valence-electron chi connectivity index (χ0n) is 21.6. The minimum absolute atomic E-state index is 0.0996. The molecule has 9 nitrogen and oxygen atoms in total. The van der Waals surface area contributed by atoms with Crippen molar-refractivity contribution in [3.05, 3.63) is 59.2 Å². The molecule has 0 unspecified atom stereocenters. The topological polar surface area (TPSA) is 104 Å². The van der Waals surface area contributed by atoms with E-state index in [1.807, 2.05) is 6.07 Å². The zero-order chi connectivity index (χ0) is 27.9. The van der Waals surface area contributed by atoms with Crippen LogP contribution in [0.1, 0.15) is 28.2 Å². The lowest BCUT2D eigenvalue weighted by atomic mass is 10.0. The number of rotatable bonds is 7. The highest BCUT2D eigenvalue weighted by Crippen LogP contribution is 2.36. The van der Waals surface area contributed by atoms with Gasteiger partial charge in [0.1, 0.15) is 11.6 Å². The summed E-state index contributed by atoms with van der Waals surface area (Å²) in [6, 6.07) is 12.6. The molecule has 1 saturated heterocycles. The number of nitrogens with zero attached hydrogens (tertiary/aromatic N) is 5. The first kappa shape index (κ1) is 26.3. The second-order valence-electron chi connectivity index (χ2n) is 10.0. The molecular weight excluding hydrogens is 541 g/mol. The van der Waals surface area contributed by atoms with E-state index in [-0.39, 0.29) is 18.5 Å². The Morgan fingerprint density at radius 3 is 2.77 bits per heavy atom. The van der Waals surface area contributed by atoms with Crippen molar-refractivity contribution in [2.45, 2.75) is 38.1 Å². The zero-order valence-corrected chi connectivity index (χ0v) is 22.4. The lowest BCUT2D eigenvalue weighted by Gasteiger charge is -2.30. The fraction of sp³-hybridized carbons (Fsp3) is 0.333. The van der Waals surface area contributed by atoms with E-state index in [0.29, 0.717) is 32.2 Å². The summed E-state index contributed by atoms with van der Waals surface area (Å²) >= 11 is 1.16. The monoisotopic (exact) mass is 568 g/mol. The second-order valence-corrected chi connectivity index (χ2v) is 11.1. The number of hydrogen-bond donors (Lipinski definition) is 3. The molecule has 4 heterocycles. The van der Waals surface area contributed by atoms with Gasteiger partial charge < -0.3 is 20.1 Å². The van der Waals surface area contributed by atoms with Crippen LogP contribution in [0.5, 0.6) is 0 Å². The van der Waals surface area contributed by atoms with Crippen molar-refractivity contribution in [1.82, 2.24) is 35.2 Å².